The van der Waals surface area contributed by atoms with Crippen molar-refractivity contribution >= 4 is 11.7 Å². The van der Waals surface area contributed by atoms with Crippen LogP contribution in [0.3, 0.4) is 0 Å². The number of rotatable bonds is 7. The Balaban J connectivity index is 1.75. The molecule has 0 spiro atoms. The minimum atomic E-state index is -4.53. The summed E-state index contributed by atoms with van der Waals surface area (Å²) < 4.78 is 59.3. The fourth-order valence-corrected chi connectivity index (χ4v) is 3.27. The molecule has 0 fully saturated rings. The number of carbonyl (C=O) groups excluding carboxylic acids is 2. The Labute approximate surface area is 187 Å². The zero-order chi connectivity index (χ0) is 24.3. The highest BCUT2D eigenvalue weighted by Crippen LogP contribution is 2.31. The van der Waals surface area contributed by atoms with E-state index in [0.717, 1.165) is 17.0 Å². The number of nitrogens with zero attached hydrogens (tertiary/aromatic N) is 3. The zero-order valence-electron chi connectivity index (χ0n) is 18.1. The molecular weight excluding hydrogens is 442 g/mol. The lowest BCUT2D eigenvalue weighted by Gasteiger charge is -2.17. The van der Waals surface area contributed by atoms with Gasteiger partial charge in [-0.25, -0.2) is 9.07 Å². The second-order valence-electron chi connectivity index (χ2n) is 7.34. The molecule has 1 aromatic heterocycles. The van der Waals surface area contributed by atoms with E-state index < -0.39 is 29.2 Å². The van der Waals surface area contributed by atoms with E-state index in [9.17, 15) is 27.2 Å². The van der Waals surface area contributed by atoms with Crippen LogP contribution < -0.4 is 4.74 Å². The maximum atomic E-state index is 13.6. The fourth-order valence-electron chi connectivity index (χ4n) is 3.27. The molecule has 0 aliphatic carbocycles. The number of amides is 1. The van der Waals surface area contributed by atoms with Gasteiger partial charge in [0.05, 0.1) is 34.7 Å². The first-order valence-corrected chi connectivity index (χ1v) is 9.91. The lowest BCUT2D eigenvalue weighted by Crippen LogP contribution is -2.36. The third-order valence-corrected chi connectivity index (χ3v) is 5.00. The molecule has 0 radical (unpaired) electrons. The lowest BCUT2D eigenvalue weighted by atomic mass is 10.1. The van der Waals surface area contributed by atoms with Gasteiger partial charge in [-0.15, -0.1) is 0 Å². The molecule has 33 heavy (non-hydrogen) atoms. The number of aryl methyl sites for hydroxylation is 1. The maximum absolute atomic E-state index is 13.6. The summed E-state index contributed by atoms with van der Waals surface area (Å²) in [6, 6.07) is 10.3. The highest BCUT2D eigenvalue weighted by Gasteiger charge is 2.31. The Hall–Kier alpha value is -3.69. The van der Waals surface area contributed by atoms with E-state index in [1.807, 2.05) is 0 Å². The van der Waals surface area contributed by atoms with Gasteiger partial charge < -0.3 is 9.64 Å². The standard InChI is InChI=1S/C23H21F4N3O3/c1-14-20(15(2)30(28-14)17-8-6-7-16(13-17)23(25,26)27)21(31)22(32)29(3)11-12-33-19-10-5-4-9-18(19)24/h4-10,13H,11-12H2,1-3H3. The van der Waals surface area contributed by atoms with Crippen LogP contribution >= 0.6 is 0 Å². The summed E-state index contributed by atoms with van der Waals surface area (Å²) >= 11 is 0. The van der Waals surface area contributed by atoms with Gasteiger partial charge in [-0.2, -0.15) is 18.3 Å². The summed E-state index contributed by atoms with van der Waals surface area (Å²) in [6.07, 6.45) is -4.53. The molecule has 0 bridgehead atoms. The second-order valence-corrected chi connectivity index (χ2v) is 7.34. The lowest BCUT2D eigenvalue weighted by molar-refractivity contribution is -0.137. The van der Waals surface area contributed by atoms with Gasteiger partial charge in [0.15, 0.2) is 11.6 Å². The summed E-state index contributed by atoms with van der Waals surface area (Å²) in [7, 11) is 1.40. The monoisotopic (exact) mass is 463 g/mol. The Morgan fingerprint density at radius 2 is 1.79 bits per heavy atom. The van der Waals surface area contributed by atoms with Crippen molar-refractivity contribution in [3.8, 4) is 11.4 Å². The number of benzene rings is 2. The second kappa shape index (κ2) is 9.43. The molecule has 0 aliphatic heterocycles. The smallest absolute Gasteiger partial charge is 0.416 e. The van der Waals surface area contributed by atoms with Crippen LogP contribution in [0.5, 0.6) is 5.75 Å². The first kappa shape index (κ1) is 24.0. The van der Waals surface area contributed by atoms with Crippen molar-refractivity contribution in [2.24, 2.45) is 0 Å². The normalized spacial score (nSPS) is 11.4. The van der Waals surface area contributed by atoms with Crippen LogP contribution in [0.2, 0.25) is 0 Å². The highest BCUT2D eigenvalue weighted by atomic mass is 19.4. The highest BCUT2D eigenvalue weighted by molar-refractivity contribution is 6.43. The molecule has 2 aromatic carbocycles. The van der Waals surface area contributed by atoms with E-state index in [1.165, 1.54) is 55.9 Å². The molecule has 0 aliphatic rings. The van der Waals surface area contributed by atoms with Crippen LogP contribution in [-0.2, 0) is 11.0 Å². The summed E-state index contributed by atoms with van der Waals surface area (Å²) in [4.78, 5) is 26.6. The number of halogens is 4. The van der Waals surface area contributed by atoms with E-state index in [0.29, 0.717) is 0 Å². The quantitative estimate of drug-likeness (QED) is 0.297. The number of alkyl halides is 3. The number of likely N-dealkylation sites (N-methyl/N-ethyl adjacent to an activating group) is 1. The minimum Gasteiger partial charge on any atom is -0.489 e. The van der Waals surface area contributed by atoms with Gasteiger partial charge in [0.2, 0.25) is 0 Å². The molecule has 0 unspecified atom stereocenters. The van der Waals surface area contributed by atoms with Crippen molar-refractivity contribution in [2.75, 3.05) is 20.2 Å². The molecule has 10 heteroatoms. The molecule has 0 atom stereocenters. The Kier molecular flexibility index (Phi) is 6.85. The third-order valence-electron chi connectivity index (χ3n) is 5.00. The average Bonchev–Trinajstić information content (AvgIpc) is 3.07. The number of para-hydroxylation sites is 1. The number of carbonyl (C=O) groups is 2. The third kappa shape index (κ3) is 5.21. The van der Waals surface area contributed by atoms with E-state index in [1.54, 1.807) is 6.07 Å². The molecule has 6 nitrogen and oxygen atoms in total. The summed E-state index contributed by atoms with van der Waals surface area (Å²) in [5.41, 5.74) is -0.283. The van der Waals surface area contributed by atoms with Crippen molar-refractivity contribution in [2.45, 2.75) is 20.0 Å². The average molecular weight is 463 g/mol. The molecular formula is C23H21F4N3O3. The fraction of sp³-hybridized carbons (Fsp3) is 0.261. The Bertz CT molecular complexity index is 1190. The van der Waals surface area contributed by atoms with Crippen LogP contribution in [0.25, 0.3) is 5.69 Å². The van der Waals surface area contributed by atoms with E-state index >= 15 is 0 Å². The van der Waals surface area contributed by atoms with Crippen LogP contribution in [0, 0.1) is 19.7 Å². The summed E-state index contributed by atoms with van der Waals surface area (Å²) in [5, 5.41) is 4.17. The molecule has 0 saturated carbocycles. The zero-order valence-corrected chi connectivity index (χ0v) is 18.1. The van der Waals surface area contributed by atoms with Crippen LogP contribution in [-0.4, -0.2) is 46.6 Å². The molecule has 0 N–H and O–H groups in total. The molecule has 3 aromatic rings. The van der Waals surface area contributed by atoms with Gasteiger partial charge in [0.25, 0.3) is 11.7 Å². The SMILES string of the molecule is Cc1nn(-c2cccc(C(F)(F)F)c2)c(C)c1C(=O)C(=O)N(C)CCOc1ccccc1F. The van der Waals surface area contributed by atoms with Gasteiger partial charge in [0, 0.05) is 7.05 Å². The number of aromatic nitrogens is 2. The minimum absolute atomic E-state index is 0.0127. The number of ether oxygens (including phenoxy) is 1. The van der Waals surface area contributed by atoms with Crippen LogP contribution in [0.15, 0.2) is 48.5 Å². The van der Waals surface area contributed by atoms with Gasteiger partial charge >= 0.3 is 6.18 Å². The predicted molar refractivity (Wildman–Crippen MR) is 112 cm³/mol. The van der Waals surface area contributed by atoms with Crippen molar-refractivity contribution in [1.82, 2.24) is 14.7 Å². The topological polar surface area (TPSA) is 64.4 Å². The van der Waals surface area contributed by atoms with Crippen molar-refractivity contribution < 1.29 is 31.9 Å². The van der Waals surface area contributed by atoms with Gasteiger partial charge in [-0.3, -0.25) is 9.59 Å². The van der Waals surface area contributed by atoms with Gasteiger partial charge in [-0.05, 0) is 44.2 Å². The van der Waals surface area contributed by atoms with Crippen LogP contribution in [0.4, 0.5) is 17.6 Å². The first-order valence-electron chi connectivity index (χ1n) is 9.91. The number of hydrogen-bond donors (Lipinski definition) is 0. The van der Waals surface area contributed by atoms with Crippen molar-refractivity contribution in [1.29, 1.82) is 0 Å². The van der Waals surface area contributed by atoms with E-state index in [2.05, 4.69) is 5.10 Å². The number of hydrogen-bond acceptors (Lipinski definition) is 4. The van der Waals surface area contributed by atoms with E-state index in [-0.39, 0.29) is 41.5 Å². The molecule has 1 heterocycles. The van der Waals surface area contributed by atoms with Crippen LogP contribution in [0.1, 0.15) is 27.3 Å². The van der Waals surface area contributed by atoms with Gasteiger partial charge in [-0.1, -0.05) is 18.2 Å². The maximum Gasteiger partial charge on any atom is 0.416 e. The molecule has 0 saturated heterocycles. The Morgan fingerprint density at radius 1 is 1.09 bits per heavy atom. The van der Waals surface area contributed by atoms with Crippen molar-refractivity contribution in [3.63, 3.8) is 0 Å². The number of ketones is 1. The molecule has 174 valence electrons. The Morgan fingerprint density at radius 3 is 2.45 bits per heavy atom. The largest absolute Gasteiger partial charge is 0.489 e. The van der Waals surface area contributed by atoms with E-state index in [4.69, 9.17) is 4.74 Å². The van der Waals surface area contributed by atoms with Gasteiger partial charge in [0.1, 0.15) is 6.61 Å². The predicted octanol–water partition coefficient (Wildman–Crippen LogP) is 4.37. The molecule has 3 rings (SSSR count). The van der Waals surface area contributed by atoms with Crippen molar-refractivity contribution in [3.05, 3.63) is 76.9 Å². The summed E-state index contributed by atoms with van der Waals surface area (Å²) in [6.45, 7) is 2.97. The summed E-state index contributed by atoms with van der Waals surface area (Å²) in [5.74, 6) is -2.21. The first-order chi connectivity index (χ1) is 15.5. The molecule has 1 amide bonds. The number of Topliss-reactive ketones (excluding diaryl/α,β-unsaturated/α-hetero) is 1.